The summed E-state index contributed by atoms with van der Waals surface area (Å²) in [6.07, 6.45) is 3.79. The lowest BCUT2D eigenvalue weighted by Crippen LogP contribution is -2.15. The van der Waals surface area contributed by atoms with Crippen LogP contribution in [-0.2, 0) is 20.1 Å². The summed E-state index contributed by atoms with van der Waals surface area (Å²) in [6.45, 7) is 3.80. The van der Waals surface area contributed by atoms with Gasteiger partial charge in [0.25, 0.3) is 0 Å². The summed E-state index contributed by atoms with van der Waals surface area (Å²) in [5, 5.41) is 3.39. The Morgan fingerprint density at radius 3 is 2.88 bits per heavy atom. The summed E-state index contributed by atoms with van der Waals surface area (Å²) in [7, 11) is 2.01. The Morgan fingerprint density at radius 1 is 1.31 bits per heavy atom. The summed E-state index contributed by atoms with van der Waals surface area (Å²) < 4.78 is 2.03. The highest BCUT2D eigenvalue weighted by atomic mass is 15.1. The third-order valence-electron chi connectivity index (χ3n) is 2.62. The van der Waals surface area contributed by atoms with Crippen molar-refractivity contribution in [2.75, 3.05) is 0 Å². The summed E-state index contributed by atoms with van der Waals surface area (Å²) in [6, 6.07) is 8.54. The van der Waals surface area contributed by atoms with Gasteiger partial charge in [-0.1, -0.05) is 29.8 Å². The normalized spacial score (nSPS) is 10.6. The molecule has 0 saturated carbocycles. The van der Waals surface area contributed by atoms with Crippen molar-refractivity contribution < 1.29 is 0 Å². The minimum atomic E-state index is 0.803. The fraction of sp³-hybridized carbons (Fsp3) is 0.308. The van der Waals surface area contributed by atoms with E-state index in [0.29, 0.717) is 0 Å². The van der Waals surface area contributed by atoms with Gasteiger partial charge in [-0.25, -0.2) is 4.98 Å². The minimum Gasteiger partial charge on any atom is -0.337 e. The number of hydrogen-bond donors (Lipinski definition) is 1. The molecule has 84 valence electrons. The smallest absolute Gasteiger partial charge is 0.122 e. The van der Waals surface area contributed by atoms with Gasteiger partial charge < -0.3 is 9.88 Å². The molecule has 2 rings (SSSR count). The van der Waals surface area contributed by atoms with Crippen LogP contribution in [0.4, 0.5) is 0 Å². The van der Waals surface area contributed by atoms with Crippen LogP contribution in [-0.4, -0.2) is 9.55 Å². The lowest BCUT2D eigenvalue weighted by molar-refractivity contribution is 0.639. The summed E-state index contributed by atoms with van der Waals surface area (Å²) >= 11 is 0. The van der Waals surface area contributed by atoms with Crippen LogP contribution in [0.3, 0.4) is 0 Å². The first-order valence-electron chi connectivity index (χ1n) is 5.48. The topological polar surface area (TPSA) is 29.9 Å². The second-order valence-electron chi connectivity index (χ2n) is 4.05. The Balaban J connectivity index is 1.87. The van der Waals surface area contributed by atoms with Gasteiger partial charge in [-0.15, -0.1) is 0 Å². The van der Waals surface area contributed by atoms with E-state index in [4.69, 9.17) is 0 Å². The highest BCUT2D eigenvalue weighted by molar-refractivity contribution is 5.21. The van der Waals surface area contributed by atoms with Crippen LogP contribution in [0, 0.1) is 6.92 Å². The van der Waals surface area contributed by atoms with Crippen molar-refractivity contribution in [3.63, 3.8) is 0 Å². The van der Waals surface area contributed by atoms with Crippen molar-refractivity contribution in [1.29, 1.82) is 0 Å². The zero-order valence-corrected chi connectivity index (χ0v) is 9.77. The van der Waals surface area contributed by atoms with Crippen molar-refractivity contribution in [3.8, 4) is 0 Å². The van der Waals surface area contributed by atoms with Gasteiger partial charge in [-0.3, -0.25) is 0 Å². The Labute approximate surface area is 96.1 Å². The molecule has 0 spiro atoms. The number of nitrogens with zero attached hydrogens (tertiary/aromatic N) is 2. The molecular weight excluding hydrogens is 198 g/mol. The lowest BCUT2D eigenvalue weighted by atomic mass is 10.1. The monoisotopic (exact) mass is 215 g/mol. The first kappa shape index (κ1) is 10.9. The molecule has 0 aliphatic carbocycles. The van der Waals surface area contributed by atoms with Crippen LogP contribution in [0.2, 0.25) is 0 Å². The average molecular weight is 215 g/mol. The van der Waals surface area contributed by atoms with E-state index in [1.165, 1.54) is 11.1 Å². The lowest BCUT2D eigenvalue weighted by Gasteiger charge is -2.05. The van der Waals surface area contributed by atoms with Crippen molar-refractivity contribution in [1.82, 2.24) is 14.9 Å². The second kappa shape index (κ2) is 4.94. The van der Waals surface area contributed by atoms with Crippen molar-refractivity contribution >= 4 is 0 Å². The van der Waals surface area contributed by atoms with Crippen LogP contribution >= 0.6 is 0 Å². The van der Waals surface area contributed by atoms with Crippen molar-refractivity contribution in [3.05, 3.63) is 53.6 Å². The highest BCUT2D eigenvalue weighted by Crippen LogP contribution is 2.03. The molecule has 0 fully saturated rings. The zero-order chi connectivity index (χ0) is 11.4. The van der Waals surface area contributed by atoms with Crippen LogP contribution < -0.4 is 5.32 Å². The van der Waals surface area contributed by atoms with Gasteiger partial charge >= 0.3 is 0 Å². The van der Waals surface area contributed by atoms with Crippen LogP contribution in [0.15, 0.2) is 36.7 Å². The Morgan fingerprint density at radius 2 is 2.19 bits per heavy atom. The maximum Gasteiger partial charge on any atom is 0.122 e. The molecular formula is C13H17N3. The van der Waals surface area contributed by atoms with E-state index in [9.17, 15) is 0 Å². The van der Waals surface area contributed by atoms with E-state index >= 15 is 0 Å². The first-order valence-corrected chi connectivity index (χ1v) is 5.48. The fourth-order valence-corrected chi connectivity index (χ4v) is 1.71. The largest absolute Gasteiger partial charge is 0.337 e. The number of aromatic nitrogens is 2. The van der Waals surface area contributed by atoms with E-state index in [1.54, 1.807) is 0 Å². The first-order chi connectivity index (χ1) is 7.75. The third-order valence-corrected chi connectivity index (χ3v) is 2.62. The number of aryl methyl sites for hydroxylation is 2. The number of nitrogens with one attached hydrogen (secondary N) is 1. The van der Waals surface area contributed by atoms with E-state index < -0.39 is 0 Å². The molecule has 16 heavy (non-hydrogen) atoms. The molecule has 1 N–H and O–H groups in total. The number of benzene rings is 1. The van der Waals surface area contributed by atoms with Crippen LogP contribution in [0.25, 0.3) is 0 Å². The van der Waals surface area contributed by atoms with Gasteiger partial charge in [-0.05, 0) is 12.5 Å². The summed E-state index contributed by atoms with van der Waals surface area (Å²) in [5.74, 6) is 1.06. The predicted molar refractivity (Wildman–Crippen MR) is 64.9 cm³/mol. The molecule has 0 radical (unpaired) electrons. The molecule has 1 aromatic carbocycles. The summed E-state index contributed by atoms with van der Waals surface area (Å²) in [4.78, 5) is 4.26. The fourth-order valence-electron chi connectivity index (χ4n) is 1.71. The quantitative estimate of drug-likeness (QED) is 0.845. The number of hydrogen-bond acceptors (Lipinski definition) is 2. The molecule has 0 amide bonds. The maximum atomic E-state index is 4.26. The minimum absolute atomic E-state index is 0.803. The standard InChI is InChI=1S/C13H17N3/c1-11-4-3-5-12(8-11)9-14-10-13-15-6-7-16(13)2/h3-8,14H,9-10H2,1-2H3. The number of imidazole rings is 1. The average Bonchev–Trinajstić information content (AvgIpc) is 2.65. The van der Waals surface area contributed by atoms with E-state index in [2.05, 4.69) is 41.5 Å². The molecule has 0 aliphatic heterocycles. The van der Waals surface area contributed by atoms with Crippen LogP contribution in [0.1, 0.15) is 17.0 Å². The predicted octanol–water partition coefficient (Wildman–Crippen LogP) is 2.02. The molecule has 0 aliphatic rings. The number of rotatable bonds is 4. The molecule has 0 saturated heterocycles. The molecule has 3 heteroatoms. The summed E-state index contributed by atoms with van der Waals surface area (Å²) in [5.41, 5.74) is 2.62. The maximum absolute atomic E-state index is 4.26. The van der Waals surface area contributed by atoms with E-state index in [1.807, 2.05) is 24.0 Å². The van der Waals surface area contributed by atoms with Crippen molar-refractivity contribution in [2.24, 2.45) is 7.05 Å². The molecule has 0 bridgehead atoms. The van der Waals surface area contributed by atoms with Gasteiger partial charge in [0.1, 0.15) is 5.82 Å². The van der Waals surface area contributed by atoms with E-state index in [-0.39, 0.29) is 0 Å². The van der Waals surface area contributed by atoms with Crippen molar-refractivity contribution in [2.45, 2.75) is 20.0 Å². The molecule has 1 aromatic heterocycles. The van der Waals surface area contributed by atoms with Gasteiger partial charge in [-0.2, -0.15) is 0 Å². The van der Waals surface area contributed by atoms with E-state index in [0.717, 1.165) is 18.9 Å². The molecule has 1 heterocycles. The van der Waals surface area contributed by atoms with Gasteiger partial charge in [0.15, 0.2) is 0 Å². The SMILES string of the molecule is Cc1cccc(CNCc2nccn2C)c1. The molecule has 3 nitrogen and oxygen atoms in total. The Bertz CT molecular complexity index is 460. The second-order valence-corrected chi connectivity index (χ2v) is 4.05. The Hall–Kier alpha value is -1.61. The molecule has 0 unspecified atom stereocenters. The van der Waals surface area contributed by atoms with Crippen LogP contribution in [0.5, 0.6) is 0 Å². The molecule has 2 aromatic rings. The van der Waals surface area contributed by atoms with Gasteiger partial charge in [0.05, 0.1) is 6.54 Å². The third kappa shape index (κ3) is 2.70. The van der Waals surface area contributed by atoms with Gasteiger partial charge in [0.2, 0.25) is 0 Å². The highest BCUT2D eigenvalue weighted by Gasteiger charge is 1.98. The Kier molecular flexibility index (Phi) is 3.37. The molecule has 0 atom stereocenters. The zero-order valence-electron chi connectivity index (χ0n) is 9.77. The van der Waals surface area contributed by atoms with Gasteiger partial charge in [0, 0.05) is 26.0 Å².